The maximum Gasteiger partial charge on any atom is 0.170 e. The second-order valence-electron chi connectivity index (χ2n) is 4.67. The third-order valence-corrected chi connectivity index (χ3v) is 4.93. The fraction of sp³-hybridized carbons (Fsp3) is 0.417. The lowest BCUT2D eigenvalue weighted by molar-refractivity contribution is 0.318. The van der Waals surface area contributed by atoms with Crippen molar-refractivity contribution in [2.45, 2.75) is 19.0 Å². The number of sulfone groups is 1. The molecule has 1 heterocycles. The molecule has 0 amide bonds. The second kappa shape index (κ2) is 5.58. The summed E-state index contributed by atoms with van der Waals surface area (Å²) in [6.07, 6.45) is 0.655. The number of nitrogens with one attached hydrogen (secondary N) is 1. The smallest absolute Gasteiger partial charge is 0.170 e. The summed E-state index contributed by atoms with van der Waals surface area (Å²) in [5.74, 6) is 0.521. The van der Waals surface area contributed by atoms with Crippen LogP contribution in [-0.4, -0.2) is 37.0 Å². The average Bonchev–Trinajstić information content (AvgIpc) is 2.75. The van der Waals surface area contributed by atoms with Gasteiger partial charge in [-0.25, -0.2) is 8.42 Å². The van der Waals surface area contributed by atoms with E-state index in [1.165, 1.54) is 0 Å². The van der Waals surface area contributed by atoms with Gasteiger partial charge in [-0.05, 0) is 18.1 Å². The largest absolute Gasteiger partial charge is 0.409 e. The van der Waals surface area contributed by atoms with Gasteiger partial charge in [0, 0.05) is 18.2 Å². The molecule has 7 heteroatoms. The third-order valence-electron chi connectivity index (χ3n) is 3.16. The van der Waals surface area contributed by atoms with Crippen LogP contribution in [0.1, 0.15) is 17.5 Å². The first-order valence-corrected chi connectivity index (χ1v) is 7.83. The van der Waals surface area contributed by atoms with E-state index in [2.05, 4.69) is 10.5 Å². The predicted molar refractivity (Wildman–Crippen MR) is 72.9 cm³/mol. The van der Waals surface area contributed by atoms with Gasteiger partial charge in [-0.1, -0.05) is 23.4 Å². The molecule has 19 heavy (non-hydrogen) atoms. The zero-order valence-electron chi connectivity index (χ0n) is 10.4. The molecule has 0 saturated carbocycles. The van der Waals surface area contributed by atoms with Crippen molar-refractivity contribution in [3.05, 3.63) is 35.4 Å². The van der Waals surface area contributed by atoms with Gasteiger partial charge < -0.3 is 16.3 Å². The van der Waals surface area contributed by atoms with E-state index in [-0.39, 0.29) is 23.4 Å². The Bertz CT molecular complexity index is 584. The van der Waals surface area contributed by atoms with Crippen molar-refractivity contribution in [3.8, 4) is 0 Å². The molecule has 4 N–H and O–H groups in total. The minimum Gasteiger partial charge on any atom is -0.409 e. The van der Waals surface area contributed by atoms with Crippen molar-refractivity contribution in [3.63, 3.8) is 0 Å². The van der Waals surface area contributed by atoms with Crippen molar-refractivity contribution < 1.29 is 13.6 Å². The van der Waals surface area contributed by atoms with Crippen LogP contribution in [0.2, 0.25) is 0 Å². The molecule has 1 aliphatic heterocycles. The monoisotopic (exact) mass is 283 g/mol. The van der Waals surface area contributed by atoms with Gasteiger partial charge in [0.15, 0.2) is 15.7 Å². The second-order valence-corrected chi connectivity index (χ2v) is 6.90. The van der Waals surface area contributed by atoms with E-state index in [1.54, 1.807) is 6.07 Å². The molecule has 1 fully saturated rings. The van der Waals surface area contributed by atoms with Gasteiger partial charge in [0.05, 0.1) is 11.5 Å². The number of oxime groups is 1. The van der Waals surface area contributed by atoms with Crippen LogP contribution in [0.4, 0.5) is 0 Å². The van der Waals surface area contributed by atoms with Crippen LogP contribution in [0.5, 0.6) is 0 Å². The lowest BCUT2D eigenvalue weighted by Gasteiger charge is -2.11. The standard InChI is InChI=1S/C12H17N3O3S/c13-12(15-16)10-3-1-2-9(6-10)7-14-11-4-5-19(17,18)8-11/h1-3,6,11,14,16H,4-5,7-8H2,(H2,13,15). The molecule has 6 nitrogen and oxygen atoms in total. The third kappa shape index (κ3) is 3.68. The van der Waals surface area contributed by atoms with Gasteiger partial charge in [0.2, 0.25) is 0 Å². The van der Waals surface area contributed by atoms with E-state index in [4.69, 9.17) is 10.9 Å². The Morgan fingerprint density at radius 1 is 1.53 bits per heavy atom. The molecule has 0 radical (unpaired) electrons. The van der Waals surface area contributed by atoms with Crippen molar-refractivity contribution in [2.75, 3.05) is 11.5 Å². The average molecular weight is 283 g/mol. The van der Waals surface area contributed by atoms with Crippen LogP contribution in [0.15, 0.2) is 29.4 Å². The fourth-order valence-corrected chi connectivity index (χ4v) is 3.82. The summed E-state index contributed by atoms with van der Waals surface area (Å²) in [6, 6.07) is 7.29. The number of hydrogen-bond donors (Lipinski definition) is 3. The lowest BCUT2D eigenvalue weighted by Crippen LogP contribution is -2.29. The summed E-state index contributed by atoms with van der Waals surface area (Å²) in [4.78, 5) is 0. The van der Waals surface area contributed by atoms with Gasteiger partial charge in [0.25, 0.3) is 0 Å². The van der Waals surface area contributed by atoms with E-state index >= 15 is 0 Å². The lowest BCUT2D eigenvalue weighted by atomic mass is 10.1. The summed E-state index contributed by atoms with van der Waals surface area (Å²) in [5.41, 5.74) is 7.12. The Labute approximate surface area is 112 Å². The Kier molecular flexibility index (Phi) is 4.06. The number of nitrogens with zero attached hydrogens (tertiary/aromatic N) is 1. The minimum atomic E-state index is -2.86. The maximum atomic E-state index is 11.3. The van der Waals surface area contributed by atoms with E-state index in [1.807, 2.05) is 18.2 Å². The SMILES string of the molecule is NC(=NO)c1cccc(CNC2CCS(=O)(=O)C2)c1. The van der Waals surface area contributed by atoms with E-state index < -0.39 is 9.84 Å². The summed E-state index contributed by atoms with van der Waals surface area (Å²) < 4.78 is 22.7. The Morgan fingerprint density at radius 2 is 2.32 bits per heavy atom. The summed E-state index contributed by atoms with van der Waals surface area (Å²) in [7, 11) is -2.86. The topological polar surface area (TPSA) is 105 Å². The van der Waals surface area contributed by atoms with Crippen molar-refractivity contribution in [1.29, 1.82) is 0 Å². The molecular formula is C12H17N3O3S. The molecular weight excluding hydrogens is 266 g/mol. The normalized spacial score (nSPS) is 22.5. The van der Waals surface area contributed by atoms with E-state index in [0.29, 0.717) is 18.5 Å². The first-order valence-electron chi connectivity index (χ1n) is 6.01. The molecule has 1 aromatic rings. The zero-order chi connectivity index (χ0) is 13.9. The molecule has 1 unspecified atom stereocenters. The molecule has 1 aromatic carbocycles. The molecule has 104 valence electrons. The highest BCUT2D eigenvalue weighted by Gasteiger charge is 2.27. The number of amidine groups is 1. The molecule has 2 rings (SSSR count). The first kappa shape index (κ1) is 13.8. The summed E-state index contributed by atoms with van der Waals surface area (Å²) in [5, 5.41) is 14.8. The fourth-order valence-electron chi connectivity index (χ4n) is 2.12. The van der Waals surface area contributed by atoms with Crippen LogP contribution in [0, 0.1) is 0 Å². The van der Waals surface area contributed by atoms with Crippen LogP contribution in [0.25, 0.3) is 0 Å². The first-order chi connectivity index (χ1) is 9.00. The van der Waals surface area contributed by atoms with Gasteiger partial charge in [0.1, 0.15) is 0 Å². The van der Waals surface area contributed by atoms with Crippen molar-refractivity contribution in [2.24, 2.45) is 10.9 Å². The highest BCUT2D eigenvalue weighted by molar-refractivity contribution is 7.91. The van der Waals surface area contributed by atoms with E-state index in [0.717, 1.165) is 5.56 Å². The Hall–Kier alpha value is -1.60. The molecule has 0 bridgehead atoms. The molecule has 1 aliphatic rings. The van der Waals surface area contributed by atoms with Crippen LogP contribution in [0.3, 0.4) is 0 Å². The van der Waals surface area contributed by atoms with Crippen LogP contribution < -0.4 is 11.1 Å². The van der Waals surface area contributed by atoms with Gasteiger partial charge in [-0.2, -0.15) is 0 Å². The number of rotatable bonds is 4. The molecule has 0 spiro atoms. The van der Waals surface area contributed by atoms with Gasteiger partial charge in [-0.15, -0.1) is 0 Å². The van der Waals surface area contributed by atoms with E-state index in [9.17, 15) is 8.42 Å². The zero-order valence-corrected chi connectivity index (χ0v) is 11.2. The maximum absolute atomic E-state index is 11.3. The van der Waals surface area contributed by atoms with Crippen LogP contribution >= 0.6 is 0 Å². The van der Waals surface area contributed by atoms with Gasteiger partial charge >= 0.3 is 0 Å². The number of hydrogen-bond acceptors (Lipinski definition) is 5. The molecule has 0 aliphatic carbocycles. The predicted octanol–water partition coefficient (Wildman–Crippen LogP) is 0.0578. The molecule has 1 saturated heterocycles. The summed E-state index contributed by atoms with van der Waals surface area (Å²) in [6.45, 7) is 0.562. The highest BCUT2D eigenvalue weighted by Crippen LogP contribution is 2.12. The highest BCUT2D eigenvalue weighted by atomic mass is 32.2. The molecule has 1 atom stereocenters. The van der Waals surface area contributed by atoms with Crippen LogP contribution in [-0.2, 0) is 16.4 Å². The quantitative estimate of drug-likeness (QED) is 0.313. The molecule has 0 aromatic heterocycles. The Morgan fingerprint density at radius 3 is 2.95 bits per heavy atom. The van der Waals surface area contributed by atoms with Crippen molar-refractivity contribution >= 4 is 15.7 Å². The van der Waals surface area contributed by atoms with Crippen molar-refractivity contribution in [1.82, 2.24) is 5.32 Å². The number of nitrogens with two attached hydrogens (primary N) is 1. The minimum absolute atomic E-state index is 0.0116. The Balaban J connectivity index is 1.97. The number of benzene rings is 1. The summed E-state index contributed by atoms with van der Waals surface area (Å²) >= 11 is 0. The van der Waals surface area contributed by atoms with Gasteiger partial charge in [-0.3, -0.25) is 0 Å².